The van der Waals surface area contributed by atoms with Crippen LogP contribution in [0.5, 0.6) is 0 Å². The lowest BCUT2D eigenvalue weighted by atomic mass is 9.90. The molecule has 1 heterocycles. The summed E-state index contributed by atoms with van der Waals surface area (Å²) >= 11 is 0. The molecule has 1 unspecified atom stereocenters. The minimum absolute atomic E-state index is 0.574. The molecule has 80 valence electrons. The van der Waals surface area contributed by atoms with E-state index in [2.05, 4.69) is 32.1 Å². The molecule has 0 aromatic carbocycles. The van der Waals surface area contributed by atoms with Gasteiger partial charge in [0, 0.05) is 12.7 Å². The van der Waals surface area contributed by atoms with Crippen LogP contribution in [-0.2, 0) is 13.0 Å². The van der Waals surface area contributed by atoms with E-state index in [1.165, 1.54) is 5.56 Å². The van der Waals surface area contributed by atoms with Gasteiger partial charge in [0.05, 0.1) is 6.20 Å². The zero-order valence-corrected chi connectivity index (χ0v) is 9.40. The maximum Gasteiger partial charge on any atom is 0.0521 e. The summed E-state index contributed by atoms with van der Waals surface area (Å²) < 4.78 is 1.96. The van der Waals surface area contributed by atoms with E-state index < -0.39 is 0 Å². The third-order valence-corrected chi connectivity index (χ3v) is 2.75. The number of rotatable bonds is 5. The van der Waals surface area contributed by atoms with Crippen LogP contribution in [-0.4, -0.2) is 16.3 Å². The van der Waals surface area contributed by atoms with E-state index >= 15 is 0 Å². The van der Waals surface area contributed by atoms with Gasteiger partial charge in [-0.3, -0.25) is 4.68 Å². The van der Waals surface area contributed by atoms with Crippen molar-refractivity contribution in [3.63, 3.8) is 0 Å². The van der Waals surface area contributed by atoms with Gasteiger partial charge in [-0.15, -0.1) is 0 Å². The number of aryl methyl sites for hydroxylation is 1. The van der Waals surface area contributed by atoms with Gasteiger partial charge in [0.1, 0.15) is 0 Å². The van der Waals surface area contributed by atoms with Gasteiger partial charge >= 0.3 is 0 Å². The topological polar surface area (TPSA) is 43.8 Å². The van der Waals surface area contributed by atoms with E-state index in [-0.39, 0.29) is 0 Å². The molecule has 1 rings (SSSR count). The monoisotopic (exact) mass is 195 g/mol. The van der Waals surface area contributed by atoms with Crippen LogP contribution in [0.3, 0.4) is 0 Å². The van der Waals surface area contributed by atoms with Crippen LogP contribution in [0.1, 0.15) is 26.3 Å². The van der Waals surface area contributed by atoms with E-state index in [9.17, 15) is 0 Å². The average molecular weight is 195 g/mol. The van der Waals surface area contributed by atoms with Crippen molar-refractivity contribution in [1.29, 1.82) is 0 Å². The lowest BCUT2D eigenvalue weighted by Crippen LogP contribution is -2.21. The summed E-state index contributed by atoms with van der Waals surface area (Å²) in [6.07, 6.45) is 5.12. The second-order valence-electron chi connectivity index (χ2n) is 4.15. The van der Waals surface area contributed by atoms with Gasteiger partial charge in [0.25, 0.3) is 0 Å². The number of aromatic nitrogens is 2. The van der Waals surface area contributed by atoms with E-state index in [1.54, 1.807) is 0 Å². The van der Waals surface area contributed by atoms with Gasteiger partial charge in [0.15, 0.2) is 0 Å². The van der Waals surface area contributed by atoms with E-state index in [0.29, 0.717) is 11.8 Å². The third kappa shape index (κ3) is 2.84. The summed E-state index contributed by atoms with van der Waals surface area (Å²) in [6, 6.07) is 0. The zero-order chi connectivity index (χ0) is 10.6. The highest BCUT2D eigenvalue weighted by Crippen LogP contribution is 2.15. The van der Waals surface area contributed by atoms with E-state index in [1.807, 2.05) is 10.9 Å². The predicted octanol–water partition coefficient (Wildman–Crippen LogP) is 1.68. The fourth-order valence-corrected chi connectivity index (χ4v) is 1.58. The molecule has 1 aromatic heterocycles. The fraction of sp³-hybridized carbons (Fsp3) is 0.727. The normalized spacial score (nSPS) is 13.5. The van der Waals surface area contributed by atoms with Gasteiger partial charge in [-0.05, 0) is 37.3 Å². The van der Waals surface area contributed by atoms with Crippen LogP contribution in [0.2, 0.25) is 0 Å². The molecule has 0 aliphatic heterocycles. The van der Waals surface area contributed by atoms with Crippen LogP contribution < -0.4 is 5.73 Å². The summed E-state index contributed by atoms with van der Waals surface area (Å²) in [5.41, 5.74) is 7.04. The summed E-state index contributed by atoms with van der Waals surface area (Å²) in [7, 11) is 0. The first kappa shape index (κ1) is 11.2. The predicted molar refractivity (Wildman–Crippen MR) is 59.0 cm³/mol. The summed E-state index contributed by atoms with van der Waals surface area (Å²) in [5, 5.41) is 4.26. The number of nitrogens with zero attached hydrogens (tertiary/aromatic N) is 2. The van der Waals surface area contributed by atoms with Gasteiger partial charge in [0.2, 0.25) is 0 Å². The van der Waals surface area contributed by atoms with Crippen molar-refractivity contribution in [2.45, 2.75) is 33.7 Å². The molecular formula is C11H21N3. The summed E-state index contributed by atoms with van der Waals surface area (Å²) in [4.78, 5) is 0. The summed E-state index contributed by atoms with van der Waals surface area (Å²) in [6.45, 7) is 8.24. The first-order valence-electron chi connectivity index (χ1n) is 5.38. The van der Waals surface area contributed by atoms with Crippen LogP contribution >= 0.6 is 0 Å². The highest BCUT2D eigenvalue weighted by atomic mass is 15.3. The Hall–Kier alpha value is -0.830. The van der Waals surface area contributed by atoms with Crippen LogP contribution in [0.4, 0.5) is 0 Å². The Bertz CT molecular complexity index is 265. The molecule has 0 radical (unpaired) electrons. The minimum atomic E-state index is 0.574. The second kappa shape index (κ2) is 5.15. The molecule has 1 aromatic rings. The highest BCUT2D eigenvalue weighted by Gasteiger charge is 2.12. The van der Waals surface area contributed by atoms with Gasteiger partial charge in [-0.1, -0.05) is 13.8 Å². The molecule has 0 amide bonds. The number of nitrogens with two attached hydrogens (primary N) is 1. The number of hydrogen-bond donors (Lipinski definition) is 1. The Labute approximate surface area is 86.3 Å². The molecule has 0 saturated heterocycles. The zero-order valence-electron chi connectivity index (χ0n) is 9.40. The molecule has 0 bridgehead atoms. The fourth-order valence-electron chi connectivity index (χ4n) is 1.58. The Morgan fingerprint density at radius 2 is 2.21 bits per heavy atom. The molecule has 3 heteroatoms. The Kier molecular flexibility index (Phi) is 4.14. The molecule has 14 heavy (non-hydrogen) atoms. The van der Waals surface area contributed by atoms with E-state index in [4.69, 9.17) is 5.73 Å². The van der Waals surface area contributed by atoms with Crippen LogP contribution in [0.25, 0.3) is 0 Å². The lowest BCUT2D eigenvalue weighted by molar-refractivity contribution is 0.392. The molecule has 0 saturated carbocycles. The Morgan fingerprint density at radius 1 is 1.50 bits per heavy atom. The molecule has 2 N–H and O–H groups in total. The molecule has 0 fully saturated rings. The van der Waals surface area contributed by atoms with Crippen molar-refractivity contribution in [1.82, 2.24) is 9.78 Å². The standard InChI is InChI=1S/C11H21N3/c1-4-14-8-10(7-13-14)5-11(6-12)9(2)3/h7-9,11H,4-6,12H2,1-3H3. The highest BCUT2D eigenvalue weighted by molar-refractivity contribution is 5.05. The maximum absolute atomic E-state index is 5.73. The molecule has 0 aliphatic carbocycles. The molecule has 0 aliphatic rings. The van der Waals surface area contributed by atoms with Gasteiger partial charge in [-0.25, -0.2) is 0 Å². The molecule has 1 atom stereocenters. The average Bonchev–Trinajstić information content (AvgIpc) is 2.61. The van der Waals surface area contributed by atoms with Crippen molar-refractivity contribution in [2.75, 3.05) is 6.54 Å². The maximum atomic E-state index is 5.73. The summed E-state index contributed by atoms with van der Waals surface area (Å²) in [5.74, 6) is 1.22. The third-order valence-electron chi connectivity index (χ3n) is 2.75. The Balaban J connectivity index is 2.57. The molecule has 0 spiro atoms. The van der Waals surface area contributed by atoms with Crippen molar-refractivity contribution in [3.8, 4) is 0 Å². The Morgan fingerprint density at radius 3 is 2.64 bits per heavy atom. The largest absolute Gasteiger partial charge is 0.330 e. The van der Waals surface area contributed by atoms with Crippen LogP contribution in [0.15, 0.2) is 12.4 Å². The van der Waals surface area contributed by atoms with Crippen LogP contribution in [0, 0.1) is 11.8 Å². The molecular weight excluding hydrogens is 174 g/mol. The molecule has 3 nitrogen and oxygen atoms in total. The van der Waals surface area contributed by atoms with Crippen molar-refractivity contribution < 1.29 is 0 Å². The lowest BCUT2D eigenvalue weighted by Gasteiger charge is -2.17. The first-order valence-corrected chi connectivity index (χ1v) is 5.38. The van der Waals surface area contributed by atoms with Crippen molar-refractivity contribution in [2.24, 2.45) is 17.6 Å². The van der Waals surface area contributed by atoms with Gasteiger partial charge < -0.3 is 5.73 Å². The van der Waals surface area contributed by atoms with Crippen molar-refractivity contribution in [3.05, 3.63) is 18.0 Å². The smallest absolute Gasteiger partial charge is 0.0521 e. The second-order valence-corrected chi connectivity index (χ2v) is 4.15. The first-order chi connectivity index (χ1) is 6.67. The van der Waals surface area contributed by atoms with Crippen molar-refractivity contribution >= 4 is 0 Å². The SMILES string of the molecule is CCn1cc(CC(CN)C(C)C)cn1. The van der Waals surface area contributed by atoms with Gasteiger partial charge in [-0.2, -0.15) is 5.10 Å². The van der Waals surface area contributed by atoms with E-state index in [0.717, 1.165) is 19.5 Å². The quantitative estimate of drug-likeness (QED) is 0.776. The minimum Gasteiger partial charge on any atom is -0.330 e. The number of hydrogen-bond acceptors (Lipinski definition) is 2.